The average molecular weight is 240 g/mol. The van der Waals surface area contributed by atoms with E-state index in [-0.39, 0.29) is 12.0 Å². The van der Waals surface area contributed by atoms with Crippen molar-refractivity contribution >= 4 is 0 Å². The summed E-state index contributed by atoms with van der Waals surface area (Å²) in [6.45, 7) is 1.70. The molecule has 1 aromatic rings. The van der Waals surface area contributed by atoms with Gasteiger partial charge in [-0.3, -0.25) is 0 Å². The minimum absolute atomic E-state index is 0.174. The van der Waals surface area contributed by atoms with Crippen molar-refractivity contribution in [3.05, 3.63) is 35.4 Å². The molecule has 1 nitrogen and oxygen atoms in total. The summed E-state index contributed by atoms with van der Waals surface area (Å²) in [6, 6.07) is 4.11. The monoisotopic (exact) mass is 240 g/mol. The fraction of sp³-hybridized carbons (Fsp3) is 0.571. The summed E-state index contributed by atoms with van der Waals surface area (Å²) in [5, 5.41) is 10.2. The van der Waals surface area contributed by atoms with E-state index in [1.807, 2.05) is 0 Å². The molecule has 0 heterocycles. The van der Waals surface area contributed by atoms with E-state index in [0.717, 1.165) is 18.9 Å². The molecule has 94 valence electrons. The quantitative estimate of drug-likeness (QED) is 0.854. The van der Waals surface area contributed by atoms with Crippen molar-refractivity contribution in [1.82, 2.24) is 0 Å². The summed E-state index contributed by atoms with van der Waals surface area (Å²) >= 11 is 0. The second-order valence-corrected chi connectivity index (χ2v) is 5.39. The van der Waals surface area contributed by atoms with Crippen molar-refractivity contribution in [2.75, 3.05) is 0 Å². The normalized spacial score (nSPS) is 19.8. The molecular formula is C14H18F2O. The highest BCUT2D eigenvalue weighted by Gasteiger charge is 2.30. The third-order valence-corrected chi connectivity index (χ3v) is 3.56. The molecule has 0 aliphatic heterocycles. The molecule has 1 unspecified atom stereocenters. The molecule has 17 heavy (non-hydrogen) atoms. The summed E-state index contributed by atoms with van der Waals surface area (Å²) in [5.41, 5.74) is -0.686. The van der Waals surface area contributed by atoms with Gasteiger partial charge in [-0.1, -0.05) is 31.4 Å². The predicted octanol–water partition coefficient (Wildman–Crippen LogP) is 3.45. The van der Waals surface area contributed by atoms with Crippen LogP contribution < -0.4 is 0 Å². The molecule has 0 radical (unpaired) electrons. The summed E-state index contributed by atoms with van der Waals surface area (Å²) in [5.74, 6) is -1.13. The van der Waals surface area contributed by atoms with Crippen LogP contribution in [0.1, 0.15) is 38.2 Å². The molecule has 2 rings (SSSR count). The van der Waals surface area contributed by atoms with Gasteiger partial charge in [0, 0.05) is 6.42 Å². The first-order valence-corrected chi connectivity index (χ1v) is 6.13. The van der Waals surface area contributed by atoms with Crippen molar-refractivity contribution in [3.8, 4) is 0 Å². The Bertz CT molecular complexity index is 397. The lowest BCUT2D eigenvalue weighted by Crippen LogP contribution is -2.32. The number of benzene rings is 1. The van der Waals surface area contributed by atoms with Crippen molar-refractivity contribution in [1.29, 1.82) is 0 Å². The molecule has 0 saturated heterocycles. The van der Waals surface area contributed by atoms with Gasteiger partial charge in [-0.05, 0) is 30.9 Å². The van der Waals surface area contributed by atoms with Crippen LogP contribution in [0.5, 0.6) is 0 Å². The number of aliphatic hydroxyl groups is 1. The number of halogens is 2. The Kier molecular flexibility index (Phi) is 3.48. The van der Waals surface area contributed by atoms with Gasteiger partial charge in [-0.25, -0.2) is 8.78 Å². The molecule has 0 bridgehead atoms. The molecule has 0 amide bonds. The van der Waals surface area contributed by atoms with Gasteiger partial charge in [0.15, 0.2) is 11.6 Å². The van der Waals surface area contributed by atoms with E-state index < -0.39 is 17.2 Å². The molecule has 3 heteroatoms. The molecule has 1 fully saturated rings. The van der Waals surface area contributed by atoms with Crippen LogP contribution in [0.2, 0.25) is 0 Å². The van der Waals surface area contributed by atoms with Crippen LogP contribution in [-0.2, 0) is 6.42 Å². The highest BCUT2D eigenvalue weighted by atomic mass is 19.2. The Hall–Kier alpha value is -0.960. The van der Waals surface area contributed by atoms with E-state index in [0.29, 0.717) is 12.3 Å². The Labute approximate surface area is 100 Å². The van der Waals surface area contributed by atoms with E-state index in [2.05, 4.69) is 0 Å². The van der Waals surface area contributed by atoms with Crippen molar-refractivity contribution in [2.24, 2.45) is 5.92 Å². The average Bonchev–Trinajstić information content (AvgIpc) is 2.19. The Balaban J connectivity index is 2.05. The van der Waals surface area contributed by atoms with Crippen LogP contribution in [0.3, 0.4) is 0 Å². The fourth-order valence-corrected chi connectivity index (χ4v) is 2.49. The molecular weight excluding hydrogens is 222 g/mol. The van der Waals surface area contributed by atoms with Gasteiger partial charge in [-0.2, -0.15) is 0 Å². The fourth-order valence-electron chi connectivity index (χ4n) is 2.49. The molecule has 1 atom stereocenters. The van der Waals surface area contributed by atoms with Gasteiger partial charge < -0.3 is 5.11 Å². The highest BCUT2D eigenvalue weighted by molar-refractivity contribution is 5.20. The molecule has 1 saturated carbocycles. The minimum atomic E-state index is -0.945. The van der Waals surface area contributed by atoms with Gasteiger partial charge in [0.25, 0.3) is 0 Å². The van der Waals surface area contributed by atoms with E-state index in [1.54, 1.807) is 6.92 Å². The van der Waals surface area contributed by atoms with Crippen molar-refractivity contribution in [2.45, 2.75) is 44.6 Å². The van der Waals surface area contributed by atoms with E-state index in [4.69, 9.17) is 0 Å². The standard InChI is InChI=1S/C14H18F2O/c1-14(17,8-10-4-2-5-10)9-11-6-3-7-12(15)13(11)16/h3,6-7,10,17H,2,4-5,8-9H2,1H3. The first kappa shape index (κ1) is 12.5. The summed E-state index contributed by atoms with van der Waals surface area (Å²) in [4.78, 5) is 0. The Morgan fingerprint density at radius 1 is 1.35 bits per heavy atom. The number of rotatable bonds is 4. The van der Waals surface area contributed by atoms with Crippen LogP contribution in [0, 0.1) is 17.6 Å². The first-order chi connectivity index (χ1) is 7.98. The summed E-state index contributed by atoms with van der Waals surface area (Å²) < 4.78 is 26.5. The molecule has 0 aromatic heterocycles. The van der Waals surface area contributed by atoms with Crippen LogP contribution in [-0.4, -0.2) is 10.7 Å². The summed E-state index contributed by atoms with van der Waals surface area (Å²) in [7, 11) is 0. The lowest BCUT2D eigenvalue weighted by molar-refractivity contribution is 0.0196. The Morgan fingerprint density at radius 2 is 2.06 bits per heavy atom. The Morgan fingerprint density at radius 3 is 2.65 bits per heavy atom. The van der Waals surface area contributed by atoms with E-state index in [9.17, 15) is 13.9 Å². The van der Waals surface area contributed by atoms with Crippen LogP contribution in [0.4, 0.5) is 8.78 Å². The minimum Gasteiger partial charge on any atom is -0.390 e. The highest BCUT2D eigenvalue weighted by Crippen LogP contribution is 2.35. The first-order valence-electron chi connectivity index (χ1n) is 6.13. The predicted molar refractivity (Wildman–Crippen MR) is 62.6 cm³/mol. The number of hydrogen-bond acceptors (Lipinski definition) is 1. The second kappa shape index (κ2) is 4.73. The lowest BCUT2D eigenvalue weighted by atomic mass is 9.76. The van der Waals surface area contributed by atoms with Gasteiger partial charge in [0.1, 0.15) is 0 Å². The summed E-state index contributed by atoms with van der Waals surface area (Å²) in [6.07, 6.45) is 4.34. The zero-order valence-corrected chi connectivity index (χ0v) is 10.0. The third kappa shape index (κ3) is 3.03. The maximum atomic E-state index is 13.5. The third-order valence-electron chi connectivity index (χ3n) is 3.56. The molecule has 1 aliphatic rings. The maximum absolute atomic E-state index is 13.5. The van der Waals surface area contributed by atoms with Gasteiger partial charge in [0.05, 0.1) is 5.60 Å². The second-order valence-electron chi connectivity index (χ2n) is 5.39. The van der Waals surface area contributed by atoms with Gasteiger partial charge in [-0.15, -0.1) is 0 Å². The van der Waals surface area contributed by atoms with Crippen LogP contribution in [0.15, 0.2) is 18.2 Å². The van der Waals surface area contributed by atoms with E-state index >= 15 is 0 Å². The largest absolute Gasteiger partial charge is 0.390 e. The smallest absolute Gasteiger partial charge is 0.162 e. The van der Waals surface area contributed by atoms with Crippen molar-refractivity contribution in [3.63, 3.8) is 0 Å². The molecule has 0 spiro atoms. The maximum Gasteiger partial charge on any atom is 0.162 e. The van der Waals surface area contributed by atoms with Crippen molar-refractivity contribution < 1.29 is 13.9 Å². The molecule has 1 aromatic carbocycles. The van der Waals surface area contributed by atoms with Crippen LogP contribution in [0.25, 0.3) is 0 Å². The van der Waals surface area contributed by atoms with Crippen LogP contribution >= 0.6 is 0 Å². The lowest BCUT2D eigenvalue weighted by Gasteiger charge is -2.33. The molecule has 1 aliphatic carbocycles. The number of hydrogen-bond donors (Lipinski definition) is 1. The van der Waals surface area contributed by atoms with Gasteiger partial charge in [0.2, 0.25) is 0 Å². The molecule has 1 N–H and O–H groups in total. The van der Waals surface area contributed by atoms with Gasteiger partial charge >= 0.3 is 0 Å². The topological polar surface area (TPSA) is 20.2 Å². The zero-order valence-electron chi connectivity index (χ0n) is 10.0. The SMILES string of the molecule is CC(O)(Cc1cccc(F)c1F)CC1CCC1. The zero-order chi connectivity index (χ0) is 12.5. The van der Waals surface area contributed by atoms with E-state index in [1.165, 1.54) is 18.6 Å².